The summed E-state index contributed by atoms with van der Waals surface area (Å²) in [6, 6.07) is 15.7. The number of methoxy groups -OCH3 is 1. The maximum absolute atomic E-state index is 12.2. The van der Waals surface area contributed by atoms with Gasteiger partial charge in [-0.1, -0.05) is 24.6 Å². The first-order chi connectivity index (χ1) is 15.2. The van der Waals surface area contributed by atoms with Crippen LogP contribution in [0.5, 0.6) is 5.75 Å². The minimum Gasteiger partial charge on any atom is -0.493 e. The van der Waals surface area contributed by atoms with Crippen LogP contribution < -0.4 is 20.7 Å². The molecule has 31 heavy (non-hydrogen) atoms. The first kappa shape index (κ1) is 22.6. The van der Waals surface area contributed by atoms with Crippen LogP contribution in [0, 0.1) is 5.92 Å². The molecule has 2 aromatic carbocycles. The molecule has 0 bridgehead atoms. The molecular weight excluding hydrogens is 392 g/mol. The molecule has 1 aliphatic rings. The molecule has 0 unspecified atom stereocenters. The van der Waals surface area contributed by atoms with Crippen LogP contribution in [0.2, 0.25) is 0 Å². The van der Waals surface area contributed by atoms with E-state index in [0.29, 0.717) is 25.7 Å². The zero-order valence-corrected chi connectivity index (χ0v) is 18.3. The predicted octanol–water partition coefficient (Wildman–Crippen LogP) is 4.03. The summed E-state index contributed by atoms with van der Waals surface area (Å²) < 4.78 is 10.8. The molecule has 1 aliphatic carbocycles. The number of anilines is 2. The lowest BCUT2D eigenvalue weighted by Gasteiger charge is -2.24. The second-order valence-corrected chi connectivity index (χ2v) is 7.59. The van der Waals surface area contributed by atoms with E-state index in [9.17, 15) is 4.79 Å². The Morgan fingerprint density at radius 1 is 1.06 bits per heavy atom. The van der Waals surface area contributed by atoms with Crippen molar-refractivity contribution in [3.8, 4) is 5.75 Å². The van der Waals surface area contributed by atoms with Crippen molar-refractivity contribution in [3.63, 3.8) is 0 Å². The van der Waals surface area contributed by atoms with E-state index in [2.05, 4.69) is 20.9 Å². The summed E-state index contributed by atoms with van der Waals surface area (Å²) in [5.74, 6) is 1.74. The quantitative estimate of drug-likeness (QED) is 0.305. The number of rotatable bonds is 10. The highest BCUT2D eigenvalue weighted by molar-refractivity contribution is 5.94. The molecule has 3 N–H and O–H groups in total. The van der Waals surface area contributed by atoms with Crippen LogP contribution in [0.4, 0.5) is 11.4 Å². The molecule has 0 aliphatic heterocycles. The van der Waals surface area contributed by atoms with Crippen LogP contribution in [0.25, 0.3) is 0 Å². The smallest absolute Gasteiger partial charge is 0.227 e. The molecule has 2 aromatic rings. The second-order valence-electron chi connectivity index (χ2n) is 7.59. The van der Waals surface area contributed by atoms with Crippen LogP contribution in [0.1, 0.15) is 31.2 Å². The lowest BCUT2D eigenvalue weighted by Crippen LogP contribution is -2.30. The Labute approximate surface area is 184 Å². The summed E-state index contributed by atoms with van der Waals surface area (Å²) in [6.45, 7) is 1.87. The molecule has 0 radical (unpaired) electrons. The van der Waals surface area contributed by atoms with Gasteiger partial charge < -0.3 is 25.4 Å². The fourth-order valence-electron chi connectivity index (χ4n) is 3.23. The van der Waals surface area contributed by atoms with Gasteiger partial charge in [-0.3, -0.25) is 9.79 Å². The van der Waals surface area contributed by atoms with Gasteiger partial charge in [0.25, 0.3) is 0 Å². The average Bonchev–Trinajstić information content (AvgIpc) is 2.73. The van der Waals surface area contributed by atoms with Crippen molar-refractivity contribution in [1.82, 2.24) is 5.32 Å². The fourth-order valence-corrected chi connectivity index (χ4v) is 3.23. The van der Waals surface area contributed by atoms with Gasteiger partial charge in [0.1, 0.15) is 5.75 Å². The zero-order valence-electron chi connectivity index (χ0n) is 18.3. The highest BCUT2D eigenvalue weighted by Crippen LogP contribution is 2.27. The first-order valence-electron chi connectivity index (χ1n) is 10.8. The normalized spacial score (nSPS) is 13.9. The second kappa shape index (κ2) is 12.0. The maximum atomic E-state index is 12.2. The monoisotopic (exact) mass is 424 g/mol. The Balaban J connectivity index is 1.50. The van der Waals surface area contributed by atoms with Gasteiger partial charge in [0.05, 0.1) is 6.61 Å². The van der Waals surface area contributed by atoms with E-state index in [1.165, 1.54) is 0 Å². The summed E-state index contributed by atoms with van der Waals surface area (Å²) in [7, 11) is 3.42. The molecule has 1 amide bonds. The van der Waals surface area contributed by atoms with Gasteiger partial charge in [-0.15, -0.1) is 0 Å². The number of ether oxygens (including phenoxy) is 2. The van der Waals surface area contributed by atoms with Crippen molar-refractivity contribution < 1.29 is 14.3 Å². The third-order valence-electron chi connectivity index (χ3n) is 5.21. The van der Waals surface area contributed by atoms with Crippen LogP contribution >= 0.6 is 0 Å². The SMILES string of the molecule is CN=C(NCc1cccc(NC(=O)C2CCC2)c1)Nc1cccc(OCCCOC)c1. The van der Waals surface area contributed by atoms with Crippen LogP contribution in [0.15, 0.2) is 53.5 Å². The largest absolute Gasteiger partial charge is 0.493 e. The number of nitrogens with zero attached hydrogens (tertiary/aromatic N) is 1. The molecule has 166 valence electrons. The summed E-state index contributed by atoms with van der Waals surface area (Å²) in [6.07, 6.45) is 3.98. The summed E-state index contributed by atoms with van der Waals surface area (Å²) >= 11 is 0. The lowest BCUT2D eigenvalue weighted by molar-refractivity contribution is -0.122. The average molecular weight is 425 g/mol. The molecule has 1 fully saturated rings. The maximum Gasteiger partial charge on any atom is 0.227 e. The molecule has 0 spiro atoms. The molecule has 7 nitrogen and oxygen atoms in total. The standard InChI is InChI=1S/C24H32N4O3/c1-25-24(28-21-11-5-12-22(16-21)31-14-6-13-30-2)26-17-18-7-3-10-20(15-18)27-23(29)19-8-4-9-19/h3,5,7,10-12,15-16,19H,4,6,8-9,13-14,17H2,1-2H3,(H,27,29)(H2,25,26,28). The van der Waals surface area contributed by atoms with Crippen LogP contribution in [-0.2, 0) is 16.1 Å². The van der Waals surface area contributed by atoms with Gasteiger partial charge in [0.15, 0.2) is 5.96 Å². The highest BCUT2D eigenvalue weighted by Gasteiger charge is 2.25. The molecule has 7 heteroatoms. The number of nitrogens with one attached hydrogen (secondary N) is 3. The Morgan fingerprint density at radius 2 is 1.84 bits per heavy atom. The predicted molar refractivity (Wildman–Crippen MR) is 125 cm³/mol. The number of carbonyl (C=O) groups excluding carboxylic acids is 1. The van der Waals surface area contributed by atoms with E-state index >= 15 is 0 Å². The Kier molecular flexibility index (Phi) is 8.72. The summed E-state index contributed by atoms with van der Waals surface area (Å²) in [5, 5.41) is 9.61. The van der Waals surface area contributed by atoms with Crippen molar-refractivity contribution >= 4 is 23.2 Å². The first-order valence-corrected chi connectivity index (χ1v) is 10.8. The molecule has 0 aromatic heterocycles. The number of hydrogen-bond acceptors (Lipinski definition) is 4. The van der Waals surface area contributed by atoms with E-state index in [4.69, 9.17) is 9.47 Å². The number of aliphatic imine (C=N–C) groups is 1. The van der Waals surface area contributed by atoms with E-state index in [1.54, 1.807) is 14.2 Å². The van der Waals surface area contributed by atoms with Crippen molar-refractivity contribution in [2.45, 2.75) is 32.2 Å². The van der Waals surface area contributed by atoms with Crippen molar-refractivity contribution in [2.75, 3.05) is 38.0 Å². The van der Waals surface area contributed by atoms with Gasteiger partial charge >= 0.3 is 0 Å². The van der Waals surface area contributed by atoms with Crippen molar-refractivity contribution in [2.24, 2.45) is 10.9 Å². The van der Waals surface area contributed by atoms with E-state index in [0.717, 1.165) is 48.4 Å². The van der Waals surface area contributed by atoms with E-state index < -0.39 is 0 Å². The Morgan fingerprint density at radius 3 is 2.55 bits per heavy atom. The summed E-state index contributed by atoms with van der Waals surface area (Å²) in [4.78, 5) is 16.5. The fraction of sp³-hybridized carbons (Fsp3) is 0.417. The number of carbonyl (C=O) groups is 1. The third kappa shape index (κ3) is 7.29. The molecule has 0 atom stereocenters. The Hall–Kier alpha value is -3.06. The minimum absolute atomic E-state index is 0.123. The zero-order chi connectivity index (χ0) is 21.9. The van der Waals surface area contributed by atoms with Crippen LogP contribution in [0.3, 0.4) is 0 Å². The van der Waals surface area contributed by atoms with Crippen molar-refractivity contribution in [3.05, 3.63) is 54.1 Å². The molecule has 1 saturated carbocycles. The highest BCUT2D eigenvalue weighted by atomic mass is 16.5. The minimum atomic E-state index is 0.123. The van der Waals surface area contributed by atoms with Crippen molar-refractivity contribution in [1.29, 1.82) is 0 Å². The molecular formula is C24H32N4O3. The molecule has 3 rings (SSSR count). The van der Waals surface area contributed by atoms with Gasteiger partial charge in [0.2, 0.25) is 5.91 Å². The number of hydrogen-bond donors (Lipinski definition) is 3. The number of amides is 1. The number of guanidine groups is 1. The third-order valence-corrected chi connectivity index (χ3v) is 5.21. The van der Waals surface area contributed by atoms with Gasteiger partial charge in [-0.25, -0.2) is 0 Å². The Bertz CT molecular complexity index is 881. The number of benzene rings is 2. The summed E-state index contributed by atoms with van der Waals surface area (Å²) in [5.41, 5.74) is 2.78. The lowest BCUT2D eigenvalue weighted by atomic mass is 9.85. The van der Waals surface area contributed by atoms with Crippen LogP contribution in [-0.4, -0.2) is 39.2 Å². The van der Waals surface area contributed by atoms with Gasteiger partial charge in [-0.2, -0.15) is 0 Å². The van der Waals surface area contributed by atoms with Gasteiger partial charge in [0, 0.05) is 57.1 Å². The molecule has 0 heterocycles. The van der Waals surface area contributed by atoms with Gasteiger partial charge in [-0.05, 0) is 42.7 Å². The topological polar surface area (TPSA) is 84.0 Å². The van der Waals surface area contributed by atoms with E-state index in [-0.39, 0.29) is 11.8 Å². The van der Waals surface area contributed by atoms with E-state index in [1.807, 2.05) is 48.5 Å². The molecule has 0 saturated heterocycles.